The first-order valence-corrected chi connectivity index (χ1v) is 6.63. The maximum absolute atomic E-state index is 12.5. The molecule has 0 aromatic heterocycles. The summed E-state index contributed by atoms with van der Waals surface area (Å²) >= 11 is 0. The van der Waals surface area contributed by atoms with Gasteiger partial charge in [-0.3, -0.25) is 4.90 Å². The second kappa shape index (κ2) is 9.51. The van der Waals surface area contributed by atoms with Crippen LogP contribution in [0.5, 0.6) is 0 Å². The standard InChI is InChI=1S/C14H19F3N2.2ClH/c15-14(16,17)7-6-13(12-4-2-1-3-5-12)19-10-8-18-9-11-19;;/h1-5,13,18H,6-11H2;2*1H/t13-;;/m1../s1. The summed E-state index contributed by atoms with van der Waals surface area (Å²) in [7, 11) is 0. The fourth-order valence-electron chi connectivity index (χ4n) is 2.53. The third kappa shape index (κ3) is 6.87. The van der Waals surface area contributed by atoms with E-state index in [4.69, 9.17) is 0 Å². The van der Waals surface area contributed by atoms with Crippen LogP contribution in [0, 0.1) is 0 Å². The molecule has 122 valence electrons. The maximum Gasteiger partial charge on any atom is 0.389 e. The number of halogens is 5. The van der Waals surface area contributed by atoms with Gasteiger partial charge in [-0.2, -0.15) is 13.2 Å². The Morgan fingerprint density at radius 2 is 1.62 bits per heavy atom. The summed E-state index contributed by atoms with van der Waals surface area (Å²) in [4.78, 5) is 2.15. The largest absolute Gasteiger partial charge is 0.389 e. The summed E-state index contributed by atoms with van der Waals surface area (Å²) in [5, 5.41) is 3.23. The van der Waals surface area contributed by atoms with Crippen LogP contribution in [0.1, 0.15) is 24.4 Å². The molecule has 1 heterocycles. The molecular formula is C14H21Cl2F3N2. The van der Waals surface area contributed by atoms with E-state index < -0.39 is 12.6 Å². The van der Waals surface area contributed by atoms with E-state index in [-0.39, 0.29) is 37.3 Å². The van der Waals surface area contributed by atoms with Crippen LogP contribution >= 0.6 is 24.8 Å². The van der Waals surface area contributed by atoms with Crippen molar-refractivity contribution in [2.24, 2.45) is 0 Å². The number of hydrogen-bond donors (Lipinski definition) is 1. The Labute approximate surface area is 135 Å². The van der Waals surface area contributed by atoms with Crippen molar-refractivity contribution in [3.8, 4) is 0 Å². The van der Waals surface area contributed by atoms with Crippen molar-refractivity contribution in [3.05, 3.63) is 35.9 Å². The van der Waals surface area contributed by atoms with E-state index >= 15 is 0 Å². The molecule has 1 aromatic rings. The molecule has 1 aliphatic heterocycles. The van der Waals surface area contributed by atoms with Crippen LogP contribution < -0.4 is 5.32 Å². The maximum atomic E-state index is 12.5. The molecular weight excluding hydrogens is 324 g/mol. The minimum Gasteiger partial charge on any atom is -0.314 e. The average molecular weight is 345 g/mol. The fraction of sp³-hybridized carbons (Fsp3) is 0.571. The summed E-state index contributed by atoms with van der Waals surface area (Å²) < 4.78 is 37.4. The monoisotopic (exact) mass is 344 g/mol. The van der Waals surface area contributed by atoms with Crippen LogP contribution in [-0.2, 0) is 0 Å². The highest BCUT2D eigenvalue weighted by Gasteiger charge is 2.31. The van der Waals surface area contributed by atoms with Crippen LogP contribution in [-0.4, -0.2) is 37.3 Å². The summed E-state index contributed by atoms with van der Waals surface area (Å²) in [6.45, 7) is 3.29. The van der Waals surface area contributed by atoms with E-state index in [2.05, 4.69) is 10.2 Å². The summed E-state index contributed by atoms with van der Waals surface area (Å²) in [6, 6.07) is 9.37. The Morgan fingerprint density at radius 1 is 1.05 bits per heavy atom. The van der Waals surface area contributed by atoms with Gasteiger partial charge < -0.3 is 5.32 Å². The molecule has 2 nitrogen and oxygen atoms in total. The van der Waals surface area contributed by atoms with Gasteiger partial charge in [0, 0.05) is 38.6 Å². The minimum absolute atomic E-state index is 0. The lowest BCUT2D eigenvalue weighted by Crippen LogP contribution is -2.45. The Kier molecular flexibility index (Phi) is 9.29. The molecule has 0 spiro atoms. The second-order valence-corrected chi connectivity index (χ2v) is 4.87. The van der Waals surface area contributed by atoms with Crippen molar-refractivity contribution >= 4 is 24.8 Å². The van der Waals surface area contributed by atoms with Gasteiger partial charge >= 0.3 is 6.18 Å². The van der Waals surface area contributed by atoms with E-state index in [9.17, 15) is 13.2 Å². The van der Waals surface area contributed by atoms with Gasteiger partial charge in [0.15, 0.2) is 0 Å². The van der Waals surface area contributed by atoms with Crippen molar-refractivity contribution in [2.45, 2.75) is 25.1 Å². The van der Waals surface area contributed by atoms with E-state index in [0.29, 0.717) is 0 Å². The highest BCUT2D eigenvalue weighted by Crippen LogP contribution is 2.31. The first-order chi connectivity index (χ1) is 9.06. The van der Waals surface area contributed by atoms with Crippen molar-refractivity contribution in [2.75, 3.05) is 26.2 Å². The topological polar surface area (TPSA) is 15.3 Å². The molecule has 1 aliphatic rings. The van der Waals surface area contributed by atoms with E-state index in [1.54, 1.807) is 0 Å². The number of piperazine rings is 1. The zero-order valence-corrected chi connectivity index (χ0v) is 13.2. The SMILES string of the molecule is Cl.Cl.FC(F)(F)CC[C@H](c1ccccc1)N1CCNCC1. The molecule has 1 fully saturated rings. The smallest absolute Gasteiger partial charge is 0.314 e. The first-order valence-electron chi connectivity index (χ1n) is 6.63. The van der Waals surface area contributed by atoms with Crippen molar-refractivity contribution in [1.82, 2.24) is 10.2 Å². The van der Waals surface area contributed by atoms with Crippen LogP contribution in [0.2, 0.25) is 0 Å². The van der Waals surface area contributed by atoms with Crippen molar-refractivity contribution < 1.29 is 13.2 Å². The Hall–Kier alpha value is -0.490. The molecule has 2 rings (SSSR count). The van der Waals surface area contributed by atoms with Gasteiger partial charge in [0.25, 0.3) is 0 Å². The van der Waals surface area contributed by atoms with Crippen molar-refractivity contribution in [1.29, 1.82) is 0 Å². The Bertz CT molecular complexity index is 382. The van der Waals surface area contributed by atoms with E-state index in [0.717, 1.165) is 31.7 Å². The highest BCUT2D eigenvalue weighted by atomic mass is 35.5. The van der Waals surface area contributed by atoms with Crippen LogP contribution in [0.15, 0.2) is 30.3 Å². The molecule has 1 atom stereocenters. The first kappa shape index (κ1) is 20.5. The molecule has 7 heteroatoms. The molecule has 0 unspecified atom stereocenters. The fourth-order valence-corrected chi connectivity index (χ4v) is 2.53. The predicted molar refractivity (Wildman–Crippen MR) is 83.4 cm³/mol. The summed E-state index contributed by atoms with van der Waals surface area (Å²) in [6.07, 6.45) is -4.68. The number of alkyl halides is 3. The van der Waals surface area contributed by atoms with Crippen LogP contribution in [0.3, 0.4) is 0 Å². The summed E-state index contributed by atoms with van der Waals surface area (Å²) in [5.74, 6) is 0. The molecule has 1 N–H and O–H groups in total. The number of benzene rings is 1. The quantitative estimate of drug-likeness (QED) is 0.893. The molecule has 1 aromatic carbocycles. The van der Waals surface area contributed by atoms with Gasteiger partial charge in [-0.1, -0.05) is 30.3 Å². The lowest BCUT2D eigenvalue weighted by atomic mass is 9.99. The van der Waals surface area contributed by atoms with Crippen LogP contribution in [0.4, 0.5) is 13.2 Å². The highest BCUT2D eigenvalue weighted by molar-refractivity contribution is 5.85. The molecule has 0 radical (unpaired) electrons. The van der Waals surface area contributed by atoms with Gasteiger partial charge in [-0.05, 0) is 12.0 Å². The lowest BCUT2D eigenvalue weighted by molar-refractivity contribution is -0.138. The average Bonchev–Trinajstić information content (AvgIpc) is 2.40. The number of nitrogens with one attached hydrogen (secondary N) is 1. The zero-order chi connectivity index (χ0) is 13.7. The normalized spacial score (nSPS) is 17.5. The summed E-state index contributed by atoms with van der Waals surface area (Å²) in [5.41, 5.74) is 0.980. The lowest BCUT2D eigenvalue weighted by Gasteiger charge is -2.35. The molecule has 0 saturated carbocycles. The Balaban J connectivity index is 0.00000200. The molecule has 21 heavy (non-hydrogen) atoms. The predicted octanol–water partition coefficient (Wildman–Crippen LogP) is 3.82. The van der Waals surface area contributed by atoms with Crippen LogP contribution in [0.25, 0.3) is 0 Å². The van der Waals surface area contributed by atoms with Gasteiger partial charge in [0.05, 0.1) is 0 Å². The second-order valence-electron chi connectivity index (χ2n) is 4.87. The van der Waals surface area contributed by atoms with Gasteiger partial charge in [0.2, 0.25) is 0 Å². The molecule has 1 saturated heterocycles. The minimum atomic E-state index is -4.08. The zero-order valence-electron chi connectivity index (χ0n) is 11.6. The molecule has 0 aliphatic carbocycles. The number of nitrogens with zero attached hydrogens (tertiary/aromatic N) is 1. The van der Waals surface area contributed by atoms with E-state index in [1.165, 1.54) is 0 Å². The van der Waals surface area contributed by atoms with Gasteiger partial charge in [-0.25, -0.2) is 0 Å². The molecule has 0 bridgehead atoms. The number of rotatable bonds is 4. The Morgan fingerprint density at radius 3 is 2.14 bits per heavy atom. The molecule has 0 amide bonds. The van der Waals surface area contributed by atoms with Gasteiger partial charge in [-0.15, -0.1) is 24.8 Å². The van der Waals surface area contributed by atoms with E-state index in [1.807, 2.05) is 30.3 Å². The van der Waals surface area contributed by atoms with Crippen molar-refractivity contribution in [3.63, 3.8) is 0 Å². The van der Waals surface area contributed by atoms with Gasteiger partial charge in [0.1, 0.15) is 0 Å². The number of hydrogen-bond acceptors (Lipinski definition) is 2. The third-order valence-electron chi connectivity index (χ3n) is 3.48. The third-order valence-corrected chi connectivity index (χ3v) is 3.48.